The van der Waals surface area contributed by atoms with Gasteiger partial charge in [-0.1, -0.05) is 6.07 Å². The van der Waals surface area contributed by atoms with Crippen molar-refractivity contribution in [2.24, 2.45) is 0 Å². The first-order valence-corrected chi connectivity index (χ1v) is 7.38. The third-order valence-corrected chi connectivity index (χ3v) is 3.58. The number of benzene rings is 2. The minimum atomic E-state index is -0.658. The van der Waals surface area contributed by atoms with Crippen LogP contribution in [0.15, 0.2) is 48.5 Å². The number of ether oxygens (including phenoxy) is 1. The molecular weight excluding hydrogens is 292 g/mol. The highest BCUT2D eigenvalue weighted by molar-refractivity contribution is 6.03. The van der Waals surface area contributed by atoms with Crippen LogP contribution >= 0.6 is 0 Å². The molecule has 1 atom stereocenters. The van der Waals surface area contributed by atoms with Gasteiger partial charge in [0, 0.05) is 16.6 Å². The van der Waals surface area contributed by atoms with Crippen LogP contribution in [0.25, 0.3) is 10.9 Å². The Bertz CT molecular complexity index is 837. The number of phenolic OH excluding ortho intramolecular Hbond substituents is 1. The Morgan fingerprint density at radius 3 is 2.70 bits per heavy atom. The number of aromatic hydroxyl groups is 1. The first-order chi connectivity index (χ1) is 11.0. The van der Waals surface area contributed by atoms with Gasteiger partial charge in [-0.2, -0.15) is 0 Å². The second-order valence-electron chi connectivity index (χ2n) is 5.46. The van der Waals surface area contributed by atoms with E-state index in [1.807, 2.05) is 31.2 Å². The smallest absolute Gasteiger partial charge is 0.265 e. The molecule has 3 aromatic rings. The van der Waals surface area contributed by atoms with E-state index in [1.165, 1.54) is 12.1 Å². The molecule has 3 rings (SSSR count). The fraction of sp³-hybridized carbons (Fsp3) is 0.167. The van der Waals surface area contributed by atoms with Crippen molar-refractivity contribution in [2.45, 2.75) is 20.0 Å². The minimum Gasteiger partial charge on any atom is -0.508 e. The highest BCUT2D eigenvalue weighted by atomic mass is 16.5. The molecule has 1 aromatic heterocycles. The number of rotatable bonds is 4. The number of fused-ring (bicyclic) bond motifs is 1. The van der Waals surface area contributed by atoms with E-state index in [0.717, 1.165) is 22.3 Å². The van der Waals surface area contributed by atoms with Gasteiger partial charge in [0.15, 0.2) is 6.10 Å². The molecule has 0 aliphatic carbocycles. The number of amides is 1. The first kappa shape index (κ1) is 15.0. The average Bonchev–Trinajstić information content (AvgIpc) is 2.91. The van der Waals surface area contributed by atoms with Crippen LogP contribution in [0.3, 0.4) is 0 Å². The number of aryl methyl sites for hydroxylation is 1. The summed E-state index contributed by atoms with van der Waals surface area (Å²) in [6, 6.07) is 14.0. The molecule has 0 saturated heterocycles. The lowest BCUT2D eigenvalue weighted by Gasteiger charge is -2.15. The Labute approximate surface area is 133 Å². The number of anilines is 1. The Hall–Kier alpha value is -2.95. The van der Waals surface area contributed by atoms with E-state index in [-0.39, 0.29) is 11.7 Å². The molecule has 3 N–H and O–H groups in total. The fourth-order valence-electron chi connectivity index (χ4n) is 2.42. The molecule has 0 bridgehead atoms. The summed E-state index contributed by atoms with van der Waals surface area (Å²) in [5, 5.41) is 13.1. The maximum Gasteiger partial charge on any atom is 0.265 e. The largest absolute Gasteiger partial charge is 0.508 e. The number of aromatic amines is 1. The van der Waals surface area contributed by atoms with Crippen molar-refractivity contribution in [1.29, 1.82) is 0 Å². The van der Waals surface area contributed by atoms with Crippen LogP contribution in [0.1, 0.15) is 12.6 Å². The maximum absolute atomic E-state index is 12.3. The van der Waals surface area contributed by atoms with Crippen LogP contribution in [-0.4, -0.2) is 22.1 Å². The van der Waals surface area contributed by atoms with Gasteiger partial charge < -0.3 is 20.1 Å². The SMILES string of the molecule is Cc1cc2c(NC(=O)C(C)Oc3ccc(O)cc3)cccc2[nH]1. The number of phenols is 1. The lowest BCUT2D eigenvalue weighted by atomic mass is 10.2. The van der Waals surface area contributed by atoms with Crippen molar-refractivity contribution in [2.75, 3.05) is 5.32 Å². The summed E-state index contributed by atoms with van der Waals surface area (Å²) in [4.78, 5) is 15.6. The molecule has 0 saturated carbocycles. The van der Waals surface area contributed by atoms with E-state index in [0.29, 0.717) is 5.75 Å². The van der Waals surface area contributed by atoms with Crippen LogP contribution in [0.2, 0.25) is 0 Å². The molecule has 1 unspecified atom stereocenters. The van der Waals surface area contributed by atoms with Crippen LogP contribution in [0, 0.1) is 6.92 Å². The Balaban J connectivity index is 1.73. The molecule has 2 aromatic carbocycles. The standard InChI is InChI=1S/C18H18N2O3/c1-11-10-15-16(19-11)4-3-5-17(15)20-18(22)12(2)23-14-8-6-13(21)7-9-14/h3-10,12,19,21H,1-2H3,(H,20,22). The van der Waals surface area contributed by atoms with Gasteiger partial charge in [0.1, 0.15) is 11.5 Å². The highest BCUT2D eigenvalue weighted by Gasteiger charge is 2.16. The van der Waals surface area contributed by atoms with Gasteiger partial charge in [-0.25, -0.2) is 0 Å². The van der Waals surface area contributed by atoms with Crippen LogP contribution < -0.4 is 10.1 Å². The summed E-state index contributed by atoms with van der Waals surface area (Å²) in [6.07, 6.45) is -0.658. The average molecular weight is 310 g/mol. The molecule has 0 spiro atoms. The number of carbonyl (C=O) groups is 1. The zero-order valence-electron chi connectivity index (χ0n) is 13.0. The first-order valence-electron chi connectivity index (χ1n) is 7.38. The monoisotopic (exact) mass is 310 g/mol. The summed E-state index contributed by atoms with van der Waals surface area (Å²) in [5.41, 5.74) is 2.76. The summed E-state index contributed by atoms with van der Waals surface area (Å²) >= 11 is 0. The van der Waals surface area contributed by atoms with E-state index < -0.39 is 6.10 Å². The maximum atomic E-state index is 12.3. The number of aromatic nitrogens is 1. The summed E-state index contributed by atoms with van der Waals surface area (Å²) in [5.74, 6) is 0.453. The van der Waals surface area contributed by atoms with Gasteiger partial charge in [0.05, 0.1) is 5.69 Å². The summed E-state index contributed by atoms with van der Waals surface area (Å²) in [7, 11) is 0. The Kier molecular flexibility index (Phi) is 3.93. The van der Waals surface area contributed by atoms with E-state index in [4.69, 9.17) is 4.74 Å². The molecule has 0 fully saturated rings. The molecule has 0 aliphatic heterocycles. The summed E-state index contributed by atoms with van der Waals surface area (Å²) < 4.78 is 5.59. The van der Waals surface area contributed by atoms with Gasteiger partial charge in [-0.3, -0.25) is 4.79 Å². The van der Waals surface area contributed by atoms with Gasteiger partial charge in [-0.05, 0) is 56.3 Å². The van der Waals surface area contributed by atoms with Crippen molar-refractivity contribution in [3.63, 3.8) is 0 Å². The molecule has 118 valence electrons. The van der Waals surface area contributed by atoms with Crippen molar-refractivity contribution in [3.8, 4) is 11.5 Å². The predicted molar refractivity (Wildman–Crippen MR) is 89.9 cm³/mol. The zero-order valence-corrected chi connectivity index (χ0v) is 13.0. The van der Waals surface area contributed by atoms with Crippen molar-refractivity contribution in [1.82, 2.24) is 4.98 Å². The number of carbonyl (C=O) groups excluding carboxylic acids is 1. The van der Waals surface area contributed by atoms with Gasteiger partial charge >= 0.3 is 0 Å². The van der Waals surface area contributed by atoms with Crippen molar-refractivity contribution < 1.29 is 14.6 Å². The Morgan fingerprint density at radius 2 is 1.96 bits per heavy atom. The fourth-order valence-corrected chi connectivity index (χ4v) is 2.42. The third kappa shape index (κ3) is 3.29. The highest BCUT2D eigenvalue weighted by Crippen LogP contribution is 2.24. The molecule has 0 aliphatic rings. The molecule has 5 nitrogen and oxygen atoms in total. The normalized spacial score (nSPS) is 12.1. The second kappa shape index (κ2) is 6.04. The molecule has 1 heterocycles. The van der Waals surface area contributed by atoms with Gasteiger partial charge in [0.25, 0.3) is 5.91 Å². The van der Waals surface area contributed by atoms with Crippen LogP contribution in [0.5, 0.6) is 11.5 Å². The lowest BCUT2D eigenvalue weighted by molar-refractivity contribution is -0.122. The van der Waals surface area contributed by atoms with Crippen LogP contribution in [-0.2, 0) is 4.79 Å². The zero-order chi connectivity index (χ0) is 16.4. The molecule has 1 amide bonds. The van der Waals surface area contributed by atoms with Crippen LogP contribution in [0.4, 0.5) is 5.69 Å². The minimum absolute atomic E-state index is 0.156. The number of nitrogens with one attached hydrogen (secondary N) is 2. The lowest BCUT2D eigenvalue weighted by Crippen LogP contribution is -2.30. The van der Waals surface area contributed by atoms with E-state index >= 15 is 0 Å². The quantitative estimate of drug-likeness (QED) is 0.689. The number of hydrogen-bond acceptors (Lipinski definition) is 3. The van der Waals surface area contributed by atoms with E-state index in [9.17, 15) is 9.90 Å². The molecule has 23 heavy (non-hydrogen) atoms. The Morgan fingerprint density at radius 1 is 1.22 bits per heavy atom. The third-order valence-electron chi connectivity index (χ3n) is 3.58. The molecular formula is C18H18N2O3. The van der Waals surface area contributed by atoms with E-state index in [1.54, 1.807) is 19.1 Å². The molecule has 5 heteroatoms. The van der Waals surface area contributed by atoms with Gasteiger partial charge in [-0.15, -0.1) is 0 Å². The molecule has 0 radical (unpaired) electrons. The summed E-state index contributed by atoms with van der Waals surface area (Å²) in [6.45, 7) is 3.66. The number of H-pyrrole nitrogens is 1. The van der Waals surface area contributed by atoms with Crippen molar-refractivity contribution in [3.05, 3.63) is 54.2 Å². The van der Waals surface area contributed by atoms with E-state index in [2.05, 4.69) is 10.3 Å². The van der Waals surface area contributed by atoms with Gasteiger partial charge in [0.2, 0.25) is 0 Å². The number of hydrogen-bond donors (Lipinski definition) is 3. The second-order valence-corrected chi connectivity index (χ2v) is 5.46. The van der Waals surface area contributed by atoms with Crippen molar-refractivity contribution >= 4 is 22.5 Å². The topological polar surface area (TPSA) is 74.3 Å². The predicted octanol–water partition coefficient (Wildman–Crippen LogP) is 3.59.